The van der Waals surface area contributed by atoms with Crippen LogP contribution < -0.4 is 10.4 Å². The zero-order chi connectivity index (χ0) is 23.1. The Morgan fingerprint density at radius 3 is 2.70 bits per heavy atom. The van der Waals surface area contributed by atoms with E-state index in [0.29, 0.717) is 21.3 Å². The molecule has 0 fully saturated rings. The van der Waals surface area contributed by atoms with Gasteiger partial charge in [0.1, 0.15) is 11.1 Å². The number of carbonyl (C=O) groups excluding carboxylic acids is 2. The summed E-state index contributed by atoms with van der Waals surface area (Å²) in [7, 11) is 1.77. The predicted molar refractivity (Wildman–Crippen MR) is 127 cm³/mol. The first-order chi connectivity index (χ1) is 16.0. The van der Waals surface area contributed by atoms with E-state index in [1.807, 2.05) is 30.3 Å². The second kappa shape index (κ2) is 8.14. The van der Waals surface area contributed by atoms with Gasteiger partial charge in [-0.25, -0.2) is 9.59 Å². The molecule has 0 unspecified atom stereocenters. The van der Waals surface area contributed by atoms with E-state index in [4.69, 9.17) is 9.15 Å². The molecule has 33 heavy (non-hydrogen) atoms. The molecule has 0 radical (unpaired) electrons. The summed E-state index contributed by atoms with van der Waals surface area (Å²) in [5.41, 5.74) is 0.764. The third-order valence-electron chi connectivity index (χ3n) is 5.39. The molecule has 3 aromatic carbocycles. The molecule has 2 aromatic heterocycles. The highest BCUT2D eigenvalue weighted by atomic mass is 32.1. The summed E-state index contributed by atoms with van der Waals surface area (Å²) in [6.07, 6.45) is 0. The van der Waals surface area contributed by atoms with Gasteiger partial charge >= 0.3 is 11.6 Å². The van der Waals surface area contributed by atoms with Crippen LogP contribution in [0.5, 0.6) is 0 Å². The van der Waals surface area contributed by atoms with Crippen molar-refractivity contribution in [3.8, 4) is 0 Å². The molecular formula is C25H18N2O5S. The summed E-state index contributed by atoms with van der Waals surface area (Å²) in [5, 5.41) is 2.53. The Balaban J connectivity index is 1.62. The number of aromatic nitrogens is 1. The van der Waals surface area contributed by atoms with E-state index in [9.17, 15) is 14.4 Å². The zero-order valence-corrected chi connectivity index (χ0v) is 18.6. The lowest BCUT2D eigenvalue weighted by molar-refractivity contribution is 0.0526. The number of esters is 1. The first kappa shape index (κ1) is 20.8. The van der Waals surface area contributed by atoms with Gasteiger partial charge in [-0.15, -0.1) is 0 Å². The van der Waals surface area contributed by atoms with Crippen molar-refractivity contribution in [2.24, 2.45) is 12.0 Å². The van der Waals surface area contributed by atoms with Crippen LogP contribution in [0, 0.1) is 0 Å². The minimum Gasteiger partial charge on any atom is -0.462 e. The smallest absolute Gasteiger partial charge is 0.349 e. The Hall–Kier alpha value is -4.04. The average molecular weight is 458 g/mol. The van der Waals surface area contributed by atoms with Gasteiger partial charge in [-0.1, -0.05) is 41.7 Å². The number of thiazole rings is 1. The van der Waals surface area contributed by atoms with Crippen LogP contribution in [0.1, 0.15) is 27.6 Å². The summed E-state index contributed by atoms with van der Waals surface area (Å²) >= 11 is 1.24. The van der Waals surface area contributed by atoms with Gasteiger partial charge in [0.2, 0.25) is 0 Å². The largest absolute Gasteiger partial charge is 0.462 e. The van der Waals surface area contributed by atoms with Crippen LogP contribution in [0.2, 0.25) is 0 Å². The van der Waals surface area contributed by atoms with Crippen molar-refractivity contribution < 1.29 is 18.7 Å². The van der Waals surface area contributed by atoms with Gasteiger partial charge in [0.05, 0.1) is 22.4 Å². The number of rotatable bonds is 3. The molecule has 0 N–H and O–H groups in total. The van der Waals surface area contributed by atoms with E-state index in [0.717, 1.165) is 21.0 Å². The van der Waals surface area contributed by atoms with Crippen molar-refractivity contribution in [3.63, 3.8) is 0 Å². The maximum Gasteiger partial charge on any atom is 0.349 e. The molecule has 5 aromatic rings. The Morgan fingerprint density at radius 1 is 1.06 bits per heavy atom. The van der Waals surface area contributed by atoms with Gasteiger partial charge in [0, 0.05) is 12.4 Å². The molecule has 164 valence electrons. The second-order valence-electron chi connectivity index (χ2n) is 7.41. The Kier molecular flexibility index (Phi) is 5.14. The van der Waals surface area contributed by atoms with E-state index >= 15 is 0 Å². The van der Waals surface area contributed by atoms with E-state index in [-0.39, 0.29) is 12.2 Å². The molecular weight excluding hydrogens is 440 g/mol. The number of nitrogens with zero attached hydrogens (tertiary/aromatic N) is 2. The number of benzene rings is 3. The molecule has 0 aliphatic rings. The SMILES string of the molecule is CCOC(=O)c1ccc2c(c1)sc(=NC(=O)c1cc3c(ccc4ccccc43)oc1=O)n2C. The highest BCUT2D eigenvalue weighted by Gasteiger charge is 2.16. The molecule has 0 saturated heterocycles. The molecule has 0 spiro atoms. The molecule has 0 saturated carbocycles. The van der Waals surface area contributed by atoms with Crippen molar-refractivity contribution >= 4 is 55.2 Å². The standard InChI is InChI=1S/C25H18N2O5S/c1-3-31-23(29)15-8-10-19-21(12-15)33-25(27(19)2)26-22(28)18-13-17-16-7-5-4-6-14(16)9-11-20(17)32-24(18)30/h4-13H,3H2,1-2H3. The zero-order valence-electron chi connectivity index (χ0n) is 17.8. The summed E-state index contributed by atoms with van der Waals surface area (Å²) in [4.78, 5) is 42.2. The third kappa shape index (κ3) is 3.64. The number of hydrogen-bond acceptors (Lipinski definition) is 6. The van der Waals surface area contributed by atoms with Crippen molar-refractivity contribution in [2.75, 3.05) is 6.61 Å². The number of hydrogen-bond donors (Lipinski definition) is 0. The predicted octanol–water partition coefficient (Wildman–Crippen LogP) is 4.42. The van der Waals surface area contributed by atoms with Crippen LogP contribution in [0.15, 0.2) is 74.9 Å². The fraction of sp³-hybridized carbons (Fsp3) is 0.120. The quantitative estimate of drug-likeness (QED) is 0.227. The van der Waals surface area contributed by atoms with Gasteiger partial charge in [-0.05, 0) is 48.0 Å². The van der Waals surface area contributed by atoms with Gasteiger partial charge in [0.25, 0.3) is 5.91 Å². The van der Waals surface area contributed by atoms with Crippen LogP contribution >= 0.6 is 11.3 Å². The maximum absolute atomic E-state index is 13.0. The normalized spacial score (nSPS) is 12.0. The van der Waals surface area contributed by atoms with Gasteiger partial charge < -0.3 is 13.7 Å². The van der Waals surface area contributed by atoms with Crippen LogP contribution in [-0.2, 0) is 11.8 Å². The van der Waals surface area contributed by atoms with E-state index < -0.39 is 17.5 Å². The van der Waals surface area contributed by atoms with Gasteiger partial charge in [-0.2, -0.15) is 4.99 Å². The molecule has 2 heterocycles. The second-order valence-corrected chi connectivity index (χ2v) is 8.42. The fourth-order valence-electron chi connectivity index (χ4n) is 3.75. The lowest BCUT2D eigenvalue weighted by atomic mass is 10.0. The number of carbonyl (C=O) groups is 2. The maximum atomic E-state index is 13.0. The Labute approximate surface area is 191 Å². The van der Waals surface area contributed by atoms with Gasteiger partial charge in [0.15, 0.2) is 4.80 Å². The molecule has 0 bridgehead atoms. The van der Waals surface area contributed by atoms with Crippen molar-refractivity contribution in [2.45, 2.75) is 6.92 Å². The lowest BCUT2D eigenvalue weighted by Crippen LogP contribution is -2.17. The van der Waals surface area contributed by atoms with Crippen molar-refractivity contribution in [1.82, 2.24) is 4.57 Å². The Bertz CT molecular complexity index is 1710. The lowest BCUT2D eigenvalue weighted by Gasteiger charge is -2.03. The number of fused-ring (bicyclic) bond motifs is 4. The van der Waals surface area contributed by atoms with Crippen LogP contribution in [-0.4, -0.2) is 23.1 Å². The van der Waals surface area contributed by atoms with Crippen LogP contribution in [0.25, 0.3) is 32.0 Å². The average Bonchev–Trinajstić information content (AvgIpc) is 3.13. The van der Waals surface area contributed by atoms with Crippen LogP contribution in [0.4, 0.5) is 0 Å². The molecule has 0 aliphatic carbocycles. The van der Waals surface area contributed by atoms with Crippen molar-refractivity contribution in [3.05, 3.63) is 87.0 Å². The molecule has 5 rings (SSSR count). The van der Waals surface area contributed by atoms with Gasteiger partial charge in [-0.3, -0.25) is 4.79 Å². The molecule has 7 nitrogen and oxygen atoms in total. The molecule has 0 atom stereocenters. The van der Waals surface area contributed by atoms with Crippen LogP contribution in [0.3, 0.4) is 0 Å². The minimum atomic E-state index is -0.736. The number of ether oxygens (including phenoxy) is 1. The summed E-state index contributed by atoms with van der Waals surface area (Å²) in [6.45, 7) is 2.03. The molecule has 0 aliphatic heterocycles. The molecule has 8 heteroatoms. The Morgan fingerprint density at radius 2 is 1.88 bits per heavy atom. The minimum absolute atomic E-state index is 0.136. The summed E-state index contributed by atoms with van der Waals surface area (Å²) in [5.74, 6) is -1.10. The number of amides is 1. The van der Waals surface area contributed by atoms with Crippen molar-refractivity contribution in [1.29, 1.82) is 0 Å². The highest BCUT2D eigenvalue weighted by molar-refractivity contribution is 7.16. The summed E-state index contributed by atoms with van der Waals surface area (Å²) in [6, 6.07) is 18.0. The van der Waals surface area contributed by atoms with E-state index in [1.54, 1.807) is 48.9 Å². The summed E-state index contributed by atoms with van der Waals surface area (Å²) < 4.78 is 13.0. The topological polar surface area (TPSA) is 90.9 Å². The highest BCUT2D eigenvalue weighted by Crippen LogP contribution is 2.25. The first-order valence-corrected chi connectivity index (χ1v) is 11.1. The third-order valence-corrected chi connectivity index (χ3v) is 6.48. The number of aryl methyl sites for hydroxylation is 1. The first-order valence-electron chi connectivity index (χ1n) is 10.3. The molecule has 1 amide bonds. The van der Waals surface area contributed by atoms with E-state index in [2.05, 4.69) is 4.99 Å². The van der Waals surface area contributed by atoms with E-state index in [1.165, 1.54) is 11.3 Å². The monoisotopic (exact) mass is 458 g/mol. The fourth-order valence-corrected chi connectivity index (χ4v) is 4.81.